The van der Waals surface area contributed by atoms with E-state index in [2.05, 4.69) is 25.1 Å². The highest BCUT2D eigenvalue weighted by Crippen LogP contribution is 2.19. The van der Waals surface area contributed by atoms with Gasteiger partial charge in [-0.25, -0.2) is 14.4 Å². The first-order chi connectivity index (χ1) is 14.1. The topological polar surface area (TPSA) is 61.4 Å². The van der Waals surface area contributed by atoms with Crippen LogP contribution in [0.25, 0.3) is 0 Å². The quantitative estimate of drug-likeness (QED) is 0.738. The van der Waals surface area contributed by atoms with E-state index >= 15 is 0 Å². The number of hydrogen-bond donors (Lipinski definition) is 1. The molecule has 7 heteroatoms. The van der Waals surface area contributed by atoms with E-state index in [9.17, 15) is 9.18 Å². The molecule has 1 N–H and O–H groups in total. The maximum atomic E-state index is 13.1. The third-order valence-electron chi connectivity index (χ3n) is 4.86. The van der Waals surface area contributed by atoms with Crippen molar-refractivity contribution in [3.8, 4) is 0 Å². The second-order valence-corrected chi connectivity index (χ2v) is 6.97. The lowest BCUT2D eigenvalue weighted by atomic mass is 10.2. The van der Waals surface area contributed by atoms with Crippen LogP contribution < -0.4 is 15.1 Å². The summed E-state index contributed by atoms with van der Waals surface area (Å²) in [4.78, 5) is 25.9. The Morgan fingerprint density at radius 2 is 1.59 bits per heavy atom. The van der Waals surface area contributed by atoms with E-state index in [1.54, 1.807) is 18.2 Å². The molecule has 2 heterocycles. The normalized spacial score (nSPS) is 14.0. The van der Waals surface area contributed by atoms with Gasteiger partial charge in [0.05, 0.1) is 0 Å². The number of benzene rings is 2. The summed E-state index contributed by atoms with van der Waals surface area (Å²) < 4.78 is 13.1. The highest BCUT2D eigenvalue weighted by molar-refractivity contribution is 6.03. The molecule has 3 aromatic rings. The van der Waals surface area contributed by atoms with E-state index in [0.29, 0.717) is 11.6 Å². The SMILES string of the molecule is Cc1cc(C(=O)Nc2ccccc2)nc(N2CCN(c3ccc(F)cc3)CC2)n1. The highest BCUT2D eigenvalue weighted by atomic mass is 19.1. The number of hydrogen-bond acceptors (Lipinski definition) is 5. The molecule has 1 saturated heterocycles. The Kier molecular flexibility index (Phi) is 5.37. The van der Waals surface area contributed by atoms with Crippen LogP contribution in [0.2, 0.25) is 0 Å². The lowest BCUT2D eigenvalue weighted by Gasteiger charge is -2.36. The second-order valence-electron chi connectivity index (χ2n) is 6.97. The van der Waals surface area contributed by atoms with E-state index in [1.807, 2.05) is 37.3 Å². The van der Waals surface area contributed by atoms with E-state index in [-0.39, 0.29) is 11.7 Å². The largest absolute Gasteiger partial charge is 0.368 e. The Morgan fingerprint density at radius 1 is 0.931 bits per heavy atom. The Morgan fingerprint density at radius 3 is 2.28 bits per heavy atom. The molecule has 1 aliphatic rings. The molecule has 0 unspecified atom stereocenters. The third kappa shape index (κ3) is 4.51. The molecule has 1 aromatic heterocycles. The molecule has 148 valence electrons. The molecule has 1 aliphatic heterocycles. The maximum absolute atomic E-state index is 13.1. The van der Waals surface area contributed by atoms with Gasteiger partial charge in [-0.1, -0.05) is 18.2 Å². The summed E-state index contributed by atoms with van der Waals surface area (Å²) >= 11 is 0. The molecule has 29 heavy (non-hydrogen) atoms. The van der Waals surface area contributed by atoms with E-state index in [4.69, 9.17) is 0 Å². The summed E-state index contributed by atoms with van der Waals surface area (Å²) in [5, 5.41) is 2.86. The van der Waals surface area contributed by atoms with Gasteiger partial charge in [0.15, 0.2) is 0 Å². The van der Waals surface area contributed by atoms with Gasteiger partial charge in [-0.05, 0) is 49.4 Å². The van der Waals surface area contributed by atoms with Crippen LogP contribution in [0.15, 0.2) is 60.7 Å². The minimum absolute atomic E-state index is 0.234. The number of carbonyl (C=O) groups is 1. The first kappa shape index (κ1) is 18.9. The van der Waals surface area contributed by atoms with Crippen LogP contribution in [0.4, 0.5) is 21.7 Å². The molecular formula is C22H22FN5O. The van der Waals surface area contributed by atoms with Crippen molar-refractivity contribution in [1.29, 1.82) is 0 Å². The smallest absolute Gasteiger partial charge is 0.274 e. The molecule has 0 atom stereocenters. The summed E-state index contributed by atoms with van der Waals surface area (Å²) in [5.41, 5.74) is 2.81. The molecule has 0 saturated carbocycles. The van der Waals surface area contributed by atoms with Gasteiger partial charge in [-0.15, -0.1) is 0 Å². The second kappa shape index (κ2) is 8.26. The fourth-order valence-corrected chi connectivity index (χ4v) is 3.34. The van der Waals surface area contributed by atoms with Crippen LogP contribution in [0.1, 0.15) is 16.2 Å². The van der Waals surface area contributed by atoms with Gasteiger partial charge in [0.2, 0.25) is 5.95 Å². The van der Waals surface area contributed by atoms with Gasteiger partial charge in [-0.2, -0.15) is 0 Å². The van der Waals surface area contributed by atoms with E-state index in [1.165, 1.54) is 12.1 Å². The Balaban J connectivity index is 1.45. The first-order valence-corrected chi connectivity index (χ1v) is 9.56. The summed E-state index contributed by atoms with van der Waals surface area (Å²) in [7, 11) is 0. The molecule has 2 aromatic carbocycles. The molecule has 0 bridgehead atoms. The molecule has 0 aliphatic carbocycles. The van der Waals surface area contributed by atoms with Gasteiger partial charge in [0.1, 0.15) is 11.5 Å². The van der Waals surface area contributed by atoms with Gasteiger partial charge < -0.3 is 15.1 Å². The average Bonchev–Trinajstić information content (AvgIpc) is 2.75. The molecule has 6 nitrogen and oxygen atoms in total. The number of halogens is 1. The number of aromatic nitrogens is 2. The van der Waals surface area contributed by atoms with Gasteiger partial charge >= 0.3 is 0 Å². The number of para-hydroxylation sites is 1. The Bertz CT molecular complexity index is 986. The standard InChI is InChI=1S/C22H22FN5O/c1-16-15-20(21(29)25-18-5-3-2-4-6-18)26-22(24-16)28-13-11-27(12-14-28)19-9-7-17(23)8-10-19/h2-10,15H,11-14H2,1H3,(H,25,29). The first-order valence-electron chi connectivity index (χ1n) is 9.56. The fraction of sp³-hybridized carbons (Fsp3) is 0.227. The molecule has 0 radical (unpaired) electrons. The maximum Gasteiger partial charge on any atom is 0.274 e. The van der Waals surface area contributed by atoms with Crippen LogP contribution in [0, 0.1) is 12.7 Å². The Labute approximate surface area is 169 Å². The monoisotopic (exact) mass is 391 g/mol. The van der Waals surface area contributed by atoms with Crippen molar-refractivity contribution in [1.82, 2.24) is 9.97 Å². The lowest BCUT2D eigenvalue weighted by Crippen LogP contribution is -2.47. The molecule has 1 amide bonds. The van der Waals surface area contributed by atoms with Gasteiger partial charge in [-0.3, -0.25) is 4.79 Å². The zero-order valence-electron chi connectivity index (χ0n) is 16.2. The number of amides is 1. The number of piperazine rings is 1. The summed E-state index contributed by atoms with van der Waals surface area (Å²) in [5.74, 6) is 0.0664. The van der Waals surface area contributed by atoms with Crippen LogP contribution in [0.3, 0.4) is 0 Å². The van der Waals surface area contributed by atoms with E-state index in [0.717, 1.165) is 43.2 Å². The average molecular weight is 391 g/mol. The number of nitrogens with one attached hydrogen (secondary N) is 1. The predicted octanol–water partition coefficient (Wildman–Crippen LogP) is 3.50. The third-order valence-corrected chi connectivity index (χ3v) is 4.86. The number of anilines is 3. The predicted molar refractivity (Wildman–Crippen MR) is 112 cm³/mol. The number of carbonyl (C=O) groups excluding carboxylic acids is 1. The van der Waals surface area contributed by atoms with Crippen molar-refractivity contribution in [3.05, 3.63) is 77.9 Å². The zero-order chi connectivity index (χ0) is 20.2. The van der Waals surface area contributed by atoms with Crippen LogP contribution in [-0.4, -0.2) is 42.1 Å². The molecule has 0 spiro atoms. The van der Waals surface area contributed by atoms with Crippen LogP contribution in [0.5, 0.6) is 0 Å². The van der Waals surface area contributed by atoms with Crippen molar-refractivity contribution in [2.75, 3.05) is 41.3 Å². The van der Waals surface area contributed by atoms with Crippen molar-refractivity contribution in [2.24, 2.45) is 0 Å². The van der Waals surface area contributed by atoms with Gasteiger partial charge in [0.25, 0.3) is 5.91 Å². The minimum Gasteiger partial charge on any atom is -0.368 e. The molecular weight excluding hydrogens is 369 g/mol. The number of aryl methyl sites for hydroxylation is 1. The van der Waals surface area contributed by atoms with Crippen molar-refractivity contribution < 1.29 is 9.18 Å². The lowest BCUT2D eigenvalue weighted by molar-refractivity contribution is 0.102. The molecule has 1 fully saturated rings. The van der Waals surface area contributed by atoms with Crippen LogP contribution in [-0.2, 0) is 0 Å². The van der Waals surface area contributed by atoms with Crippen LogP contribution >= 0.6 is 0 Å². The zero-order valence-corrected chi connectivity index (χ0v) is 16.2. The Hall–Kier alpha value is -3.48. The van der Waals surface area contributed by atoms with E-state index < -0.39 is 0 Å². The number of rotatable bonds is 4. The van der Waals surface area contributed by atoms with Gasteiger partial charge in [0, 0.05) is 43.2 Å². The van der Waals surface area contributed by atoms with Crippen molar-refractivity contribution in [2.45, 2.75) is 6.92 Å². The fourth-order valence-electron chi connectivity index (χ4n) is 3.34. The minimum atomic E-state index is -0.257. The summed E-state index contributed by atoms with van der Waals surface area (Å²) in [6.07, 6.45) is 0. The highest BCUT2D eigenvalue weighted by Gasteiger charge is 2.21. The van der Waals surface area contributed by atoms with Crippen molar-refractivity contribution in [3.63, 3.8) is 0 Å². The molecule has 4 rings (SSSR count). The number of nitrogens with zero attached hydrogens (tertiary/aromatic N) is 4. The van der Waals surface area contributed by atoms with Crippen molar-refractivity contribution >= 4 is 23.2 Å². The summed E-state index contributed by atoms with van der Waals surface area (Å²) in [6, 6.07) is 17.5. The summed E-state index contributed by atoms with van der Waals surface area (Å²) in [6.45, 7) is 4.85.